The molecule has 0 fully saturated rings. The standard InChI is InChI=1S/C20H15BrN2S2/c1-12-3-7-14(8-4-12)19-22-11-16(24-19)17-18(21)25-20(23-17)15-9-5-13(2)6-10-15/h3-11H,1-2H3. The lowest BCUT2D eigenvalue weighted by molar-refractivity contribution is 1.37. The average molecular weight is 427 g/mol. The number of hydrogen-bond donors (Lipinski definition) is 0. The molecule has 2 nitrogen and oxygen atoms in total. The summed E-state index contributed by atoms with van der Waals surface area (Å²) in [5, 5.41) is 2.04. The molecule has 0 radical (unpaired) electrons. The van der Waals surface area contributed by atoms with Gasteiger partial charge in [-0.1, -0.05) is 59.7 Å². The summed E-state index contributed by atoms with van der Waals surface area (Å²) in [6.07, 6.45) is 1.92. The van der Waals surface area contributed by atoms with E-state index in [-0.39, 0.29) is 0 Å². The summed E-state index contributed by atoms with van der Waals surface area (Å²) >= 11 is 7.01. The predicted molar refractivity (Wildman–Crippen MR) is 111 cm³/mol. The van der Waals surface area contributed by atoms with E-state index in [1.54, 1.807) is 22.7 Å². The van der Waals surface area contributed by atoms with Gasteiger partial charge in [-0.2, -0.15) is 0 Å². The molecule has 2 heterocycles. The van der Waals surface area contributed by atoms with E-state index in [1.165, 1.54) is 11.1 Å². The molecule has 4 aromatic rings. The molecule has 0 spiro atoms. The van der Waals surface area contributed by atoms with Crippen LogP contribution in [0, 0.1) is 13.8 Å². The van der Waals surface area contributed by atoms with Crippen LogP contribution in [0.3, 0.4) is 0 Å². The van der Waals surface area contributed by atoms with E-state index < -0.39 is 0 Å². The highest BCUT2D eigenvalue weighted by atomic mass is 79.9. The third-order valence-corrected chi connectivity index (χ3v) is 6.73. The van der Waals surface area contributed by atoms with Gasteiger partial charge in [0.15, 0.2) is 0 Å². The van der Waals surface area contributed by atoms with Crippen LogP contribution < -0.4 is 0 Å². The van der Waals surface area contributed by atoms with Crippen LogP contribution in [0.4, 0.5) is 0 Å². The van der Waals surface area contributed by atoms with Crippen molar-refractivity contribution in [3.8, 4) is 31.7 Å². The minimum Gasteiger partial charge on any atom is -0.244 e. The van der Waals surface area contributed by atoms with Gasteiger partial charge in [0, 0.05) is 17.3 Å². The summed E-state index contributed by atoms with van der Waals surface area (Å²) in [7, 11) is 0. The van der Waals surface area contributed by atoms with Gasteiger partial charge in [0.2, 0.25) is 0 Å². The van der Waals surface area contributed by atoms with E-state index in [2.05, 4.69) is 83.3 Å². The fourth-order valence-electron chi connectivity index (χ4n) is 2.49. The molecule has 5 heteroatoms. The maximum absolute atomic E-state index is 4.84. The van der Waals surface area contributed by atoms with Crippen molar-refractivity contribution < 1.29 is 0 Å². The Balaban J connectivity index is 1.69. The van der Waals surface area contributed by atoms with Gasteiger partial charge in [0.25, 0.3) is 0 Å². The third kappa shape index (κ3) is 3.45. The van der Waals surface area contributed by atoms with Gasteiger partial charge >= 0.3 is 0 Å². The molecule has 0 N–H and O–H groups in total. The van der Waals surface area contributed by atoms with E-state index in [4.69, 9.17) is 4.98 Å². The van der Waals surface area contributed by atoms with Crippen LogP contribution in [-0.2, 0) is 0 Å². The first-order valence-electron chi connectivity index (χ1n) is 7.87. The number of rotatable bonds is 3. The Morgan fingerprint density at radius 3 is 1.92 bits per heavy atom. The largest absolute Gasteiger partial charge is 0.244 e. The molecular formula is C20H15BrN2S2. The average Bonchev–Trinajstić information content (AvgIpc) is 3.23. The van der Waals surface area contributed by atoms with E-state index in [1.807, 2.05) is 6.20 Å². The minimum absolute atomic E-state index is 0.969. The molecule has 0 unspecified atom stereocenters. The SMILES string of the molecule is Cc1ccc(-c2ncc(-c3nc(-c4ccc(C)cc4)sc3Br)s2)cc1. The van der Waals surface area contributed by atoms with Gasteiger partial charge in [-0.25, -0.2) is 9.97 Å². The smallest absolute Gasteiger partial charge is 0.125 e. The molecule has 2 aromatic heterocycles. The summed E-state index contributed by atoms with van der Waals surface area (Å²) in [5.41, 5.74) is 5.77. The van der Waals surface area contributed by atoms with Crippen molar-refractivity contribution in [3.63, 3.8) is 0 Å². The molecule has 2 aromatic carbocycles. The predicted octanol–water partition coefficient (Wildman–Crippen LogP) is 6.98. The molecule has 25 heavy (non-hydrogen) atoms. The van der Waals surface area contributed by atoms with Gasteiger partial charge in [-0.15, -0.1) is 22.7 Å². The second kappa shape index (κ2) is 6.83. The highest BCUT2D eigenvalue weighted by Gasteiger charge is 2.15. The molecule has 0 saturated carbocycles. The topological polar surface area (TPSA) is 25.8 Å². The summed E-state index contributed by atoms with van der Waals surface area (Å²) < 4.78 is 1.04. The van der Waals surface area contributed by atoms with Crippen LogP contribution in [0.2, 0.25) is 0 Å². The molecule has 0 aliphatic carbocycles. The lowest BCUT2D eigenvalue weighted by atomic mass is 10.2. The molecule has 0 amide bonds. The van der Waals surface area contributed by atoms with Crippen LogP contribution in [-0.4, -0.2) is 9.97 Å². The van der Waals surface area contributed by atoms with Crippen LogP contribution in [0.5, 0.6) is 0 Å². The Morgan fingerprint density at radius 2 is 1.32 bits per heavy atom. The van der Waals surface area contributed by atoms with E-state index in [0.29, 0.717) is 0 Å². The maximum atomic E-state index is 4.84. The monoisotopic (exact) mass is 426 g/mol. The van der Waals surface area contributed by atoms with Gasteiger partial charge in [-0.05, 0) is 29.8 Å². The Hall–Kier alpha value is -1.82. The van der Waals surface area contributed by atoms with E-state index in [0.717, 1.165) is 35.5 Å². The normalized spacial score (nSPS) is 11.0. The molecule has 0 bridgehead atoms. The number of nitrogens with zero attached hydrogens (tertiary/aromatic N) is 2. The van der Waals surface area contributed by atoms with Crippen molar-refractivity contribution in [2.24, 2.45) is 0 Å². The third-order valence-electron chi connectivity index (χ3n) is 3.92. The maximum Gasteiger partial charge on any atom is 0.125 e. The summed E-state index contributed by atoms with van der Waals surface area (Å²) in [6.45, 7) is 4.19. The Kier molecular flexibility index (Phi) is 4.54. The number of benzene rings is 2. The molecule has 4 rings (SSSR count). The number of aromatic nitrogens is 2. The van der Waals surface area contributed by atoms with Crippen molar-refractivity contribution in [2.45, 2.75) is 13.8 Å². The quantitative estimate of drug-likeness (QED) is 0.353. The zero-order valence-electron chi connectivity index (χ0n) is 13.8. The van der Waals surface area contributed by atoms with Gasteiger partial charge in [-0.3, -0.25) is 0 Å². The first kappa shape index (κ1) is 16.6. The lowest BCUT2D eigenvalue weighted by Crippen LogP contribution is -1.78. The van der Waals surface area contributed by atoms with Crippen LogP contribution in [0.15, 0.2) is 58.5 Å². The molecule has 0 aliphatic heterocycles. The number of hydrogen-bond acceptors (Lipinski definition) is 4. The second-order valence-electron chi connectivity index (χ2n) is 5.90. The molecule has 0 saturated heterocycles. The van der Waals surface area contributed by atoms with Gasteiger partial charge in [0.1, 0.15) is 15.7 Å². The van der Waals surface area contributed by atoms with Crippen molar-refractivity contribution >= 4 is 38.6 Å². The fraction of sp³-hybridized carbons (Fsp3) is 0.100. The molecular weight excluding hydrogens is 412 g/mol. The van der Waals surface area contributed by atoms with Crippen molar-refractivity contribution in [3.05, 3.63) is 69.6 Å². The van der Waals surface area contributed by atoms with Crippen LogP contribution in [0.25, 0.3) is 31.7 Å². The summed E-state index contributed by atoms with van der Waals surface area (Å²) in [5.74, 6) is 0. The highest BCUT2D eigenvalue weighted by molar-refractivity contribution is 9.11. The minimum atomic E-state index is 0.969. The van der Waals surface area contributed by atoms with Crippen molar-refractivity contribution in [2.75, 3.05) is 0 Å². The zero-order valence-corrected chi connectivity index (χ0v) is 17.0. The second-order valence-corrected chi connectivity index (χ2v) is 9.25. The highest BCUT2D eigenvalue weighted by Crippen LogP contribution is 2.41. The first-order valence-corrected chi connectivity index (χ1v) is 10.3. The van der Waals surface area contributed by atoms with Crippen LogP contribution >= 0.6 is 38.6 Å². The Labute approximate surface area is 163 Å². The van der Waals surface area contributed by atoms with Crippen molar-refractivity contribution in [1.29, 1.82) is 0 Å². The van der Waals surface area contributed by atoms with Crippen LogP contribution in [0.1, 0.15) is 11.1 Å². The Bertz CT molecular complexity index is 1010. The van der Waals surface area contributed by atoms with E-state index in [9.17, 15) is 0 Å². The number of thiazole rings is 2. The number of halogens is 1. The Morgan fingerprint density at radius 1 is 0.760 bits per heavy atom. The molecule has 124 valence electrons. The van der Waals surface area contributed by atoms with E-state index >= 15 is 0 Å². The molecule has 0 atom stereocenters. The number of aryl methyl sites for hydroxylation is 2. The fourth-order valence-corrected chi connectivity index (χ4v) is 5.17. The lowest BCUT2D eigenvalue weighted by Gasteiger charge is -1.97. The first-order chi connectivity index (χ1) is 12.1. The zero-order chi connectivity index (χ0) is 17.4. The van der Waals surface area contributed by atoms with Gasteiger partial charge < -0.3 is 0 Å². The van der Waals surface area contributed by atoms with Crippen molar-refractivity contribution in [1.82, 2.24) is 9.97 Å². The summed E-state index contributed by atoms with van der Waals surface area (Å²) in [6, 6.07) is 16.9. The summed E-state index contributed by atoms with van der Waals surface area (Å²) in [4.78, 5) is 10.5. The van der Waals surface area contributed by atoms with Gasteiger partial charge in [0.05, 0.1) is 8.66 Å². The molecule has 0 aliphatic rings.